The van der Waals surface area contributed by atoms with E-state index in [1.807, 2.05) is 59.5 Å². The van der Waals surface area contributed by atoms with Crippen LogP contribution in [0.1, 0.15) is 29.8 Å². The van der Waals surface area contributed by atoms with Gasteiger partial charge in [-0.25, -0.2) is 0 Å². The Morgan fingerprint density at radius 2 is 1.78 bits per heavy atom. The van der Waals surface area contributed by atoms with Crippen molar-refractivity contribution < 1.29 is 19.1 Å². The van der Waals surface area contributed by atoms with Gasteiger partial charge in [-0.15, -0.1) is 0 Å². The number of para-hydroxylation sites is 1. The Labute approximate surface area is 186 Å². The molecule has 3 heterocycles. The highest BCUT2D eigenvalue weighted by atomic mass is 16.5. The number of amides is 2. The molecule has 7 heteroatoms. The molecule has 0 aliphatic carbocycles. The summed E-state index contributed by atoms with van der Waals surface area (Å²) in [6, 6.07) is 16.5. The van der Waals surface area contributed by atoms with Gasteiger partial charge < -0.3 is 24.3 Å². The summed E-state index contributed by atoms with van der Waals surface area (Å²) >= 11 is 0. The van der Waals surface area contributed by atoms with E-state index in [1.54, 1.807) is 12.0 Å². The highest BCUT2D eigenvalue weighted by Gasteiger charge is 2.43. The van der Waals surface area contributed by atoms with Crippen molar-refractivity contribution in [1.29, 1.82) is 0 Å². The van der Waals surface area contributed by atoms with Crippen LogP contribution in [0.25, 0.3) is 10.9 Å². The molecule has 2 saturated heterocycles. The van der Waals surface area contributed by atoms with Crippen LogP contribution in [0, 0.1) is 0 Å². The van der Waals surface area contributed by atoms with Crippen LogP contribution >= 0.6 is 0 Å². The maximum atomic E-state index is 13.5. The van der Waals surface area contributed by atoms with Gasteiger partial charge in [0.25, 0.3) is 5.91 Å². The first-order chi connectivity index (χ1) is 15.6. The summed E-state index contributed by atoms with van der Waals surface area (Å²) in [5.41, 5.74) is 1.32. The number of fused-ring (bicyclic) bond motifs is 1. The van der Waals surface area contributed by atoms with Crippen LogP contribution in [0.4, 0.5) is 0 Å². The Morgan fingerprint density at radius 1 is 1.00 bits per heavy atom. The number of nitrogens with zero attached hydrogens (tertiary/aromatic N) is 2. The van der Waals surface area contributed by atoms with Crippen molar-refractivity contribution in [2.45, 2.75) is 31.4 Å². The second-order valence-electron chi connectivity index (χ2n) is 8.43. The fourth-order valence-electron chi connectivity index (χ4n) is 4.69. The van der Waals surface area contributed by atoms with E-state index in [2.05, 4.69) is 4.98 Å². The summed E-state index contributed by atoms with van der Waals surface area (Å²) in [6.07, 6.45) is 2.28. The summed E-state index contributed by atoms with van der Waals surface area (Å²) < 4.78 is 11.4. The molecule has 0 spiro atoms. The van der Waals surface area contributed by atoms with Crippen LogP contribution in [-0.4, -0.2) is 65.5 Å². The molecule has 0 bridgehead atoms. The molecule has 0 radical (unpaired) electrons. The topological polar surface area (TPSA) is 74.9 Å². The van der Waals surface area contributed by atoms with E-state index in [-0.39, 0.29) is 17.9 Å². The van der Waals surface area contributed by atoms with Crippen molar-refractivity contribution in [3.05, 3.63) is 60.3 Å². The minimum Gasteiger partial charge on any atom is -0.497 e. The van der Waals surface area contributed by atoms with Crippen LogP contribution < -0.4 is 9.47 Å². The number of hydrogen-bond donors (Lipinski definition) is 1. The van der Waals surface area contributed by atoms with E-state index >= 15 is 0 Å². The SMILES string of the molecule is COc1ccc2[nH]c(C(=O)N3C[C@@H](Oc4ccccc4)C[C@H]3C(=O)N3CCCC3)cc2c1. The quantitative estimate of drug-likeness (QED) is 0.669. The molecule has 2 atom stereocenters. The number of ether oxygens (including phenoxy) is 2. The van der Waals surface area contributed by atoms with Crippen molar-refractivity contribution in [2.75, 3.05) is 26.7 Å². The monoisotopic (exact) mass is 433 g/mol. The first kappa shape index (κ1) is 20.4. The molecule has 2 amide bonds. The molecule has 1 N–H and O–H groups in total. The fourth-order valence-corrected chi connectivity index (χ4v) is 4.69. The number of aromatic amines is 1. The third kappa shape index (κ3) is 3.90. The number of benzene rings is 2. The molecule has 2 aliphatic rings. The van der Waals surface area contributed by atoms with Gasteiger partial charge in [-0.2, -0.15) is 0 Å². The fraction of sp³-hybridized carbons (Fsp3) is 0.360. The summed E-state index contributed by atoms with van der Waals surface area (Å²) in [6.45, 7) is 1.89. The van der Waals surface area contributed by atoms with Crippen molar-refractivity contribution >= 4 is 22.7 Å². The lowest BCUT2D eigenvalue weighted by atomic mass is 10.1. The molecule has 2 aromatic carbocycles. The van der Waals surface area contributed by atoms with Gasteiger partial charge in [-0.3, -0.25) is 9.59 Å². The maximum absolute atomic E-state index is 13.5. The minimum atomic E-state index is -0.518. The van der Waals surface area contributed by atoms with E-state index in [0.29, 0.717) is 18.7 Å². The predicted octanol–water partition coefficient (Wildman–Crippen LogP) is 3.46. The lowest BCUT2D eigenvalue weighted by Gasteiger charge is -2.27. The maximum Gasteiger partial charge on any atom is 0.271 e. The minimum absolute atomic E-state index is 0.0211. The van der Waals surface area contributed by atoms with E-state index in [9.17, 15) is 9.59 Å². The zero-order valence-electron chi connectivity index (χ0n) is 18.1. The number of hydrogen-bond acceptors (Lipinski definition) is 4. The zero-order chi connectivity index (χ0) is 22.1. The van der Waals surface area contributed by atoms with E-state index in [1.165, 1.54) is 0 Å². The Balaban J connectivity index is 1.41. The van der Waals surface area contributed by atoms with Crippen molar-refractivity contribution in [1.82, 2.24) is 14.8 Å². The summed E-state index contributed by atoms with van der Waals surface area (Å²) in [5.74, 6) is 1.32. The predicted molar refractivity (Wildman–Crippen MR) is 121 cm³/mol. The molecule has 2 aliphatic heterocycles. The van der Waals surface area contributed by atoms with Gasteiger partial charge in [-0.1, -0.05) is 18.2 Å². The molecular formula is C25H27N3O4. The highest BCUT2D eigenvalue weighted by Crippen LogP contribution is 2.28. The van der Waals surface area contributed by atoms with Gasteiger partial charge in [0.15, 0.2) is 0 Å². The summed E-state index contributed by atoms with van der Waals surface area (Å²) in [5, 5.41) is 0.895. The average molecular weight is 434 g/mol. The van der Waals surface area contributed by atoms with Gasteiger partial charge in [0.1, 0.15) is 29.3 Å². The van der Waals surface area contributed by atoms with Gasteiger partial charge in [0, 0.05) is 30.4 Å². The lowest BCUT2D eigenvalue weighted by Crippen LogP contribution is -2.47. The number of rotatable bonds is 5. The molecule has 0 unspecified atom stereocenters. The molecule has 1 aromatic heterocycles. The molecule has 32 heavy (non-hydrogen) atoms. The standard InChI is InChI=1S/C25H27N3O4/c1-31-19-9-10-21-17(13-19)14-22(26-21)24(29)28-16-20(32-18-7-3-2-4-8-18)15-23(28)25(30)27-11-5-6-12-27/h2-4,7-10,13-14,20,23,26H,5-6,11-12,15-16H2,1H3/t20-,23-/m0/s1. The number of carbonyl (C=O) groups is 2. The summed E-state index contributed by atoms with van der Waals surface area (Å²) in [4.78, 5) is 33.6. The van der Waals surface area contributed by atoms with Crippen molar-refractivity contribution in [3.63, 3.8) is 0 Å². The smallest absolute Gasteiger partial charge is 0.271 e. The molecule has 0 saturated carbocycles. The highest BCUT2D eigenvalue weighted by molar-refractivity contribution is 6.00. The first-order valence-electron chi connectivity index (χ1n) is 11.1. The lowest BCUT2D eigenvalue weighted by molar-refractivity contribution is -0.134. The van der Waals surface area contributed by atoms with Crippen LogP contribution in [-0.2, 0) is 4.79 Å². The van der Waals surface area contributed by atoms with Crippen LogP contribution in [0.15, 0.2) is 54.6 Å². The summed E-state index contributed by atoms with van der Waals surface area (Å²) in [7, 11) is 1.62. The Bertz CT molecular complexity index is 1120. The molecule has 5 rings (SSSR count). The van der Waals surface area contributed by atoms with Crippen molar-refractivity contribution in [3.8, 4) is 11.5 Å². The Kier molecular flexibility index (Phi) is 5.47. The molecule has 166 valence electrons. The van der Waals surface area contributed by atoms with Gasteiger partial charge >= 0.3 is 0 Å². The van der Waals surface area contributed by atoms with Crippen LogP contribution in [0.2, 0.25) is 0 Å². The van der Waals surface area contributed by atoms with Gasteiger partial charge in [0.05, 0.1) is 13.7 Å². The number of likely N-dealkylation sites (tertiary alicyclic amines) is 2. The van der Waals surface area contributed by atoms with Crippen molar-refractivity contribution in [2.24, 2.45) is 0 Å². The van der Waals surface area contributed by atoms with E-state index in [4.69, 9.17) is 9.47 Å². The third-order valence-electron chi connectivity index (χ3n) is 6.33. The second kappa shape index (κ2) is 8.57. The molecule has 7 nitrogen and oxygen atoms in total. The number of nitrogens with one attached hydrogen (secondary N) is 1. The van der Waals surface area contributed by atoms with E-state index < -0.39 is 6.04 Å². The zero-order valence-corrected chi connectivity index (χ0v) is 18.1. The number of carbonyl (C=O) groups excluding carboxylic acids is 2. The van der Waals surface area contributed by atoms with Crippen LogP contribution in [0.3, 0.4) is 0 Å². The largest absolute Gasteiger partial charge is 0.497 e. The molecule has 2 fully saturated rings. The number of H-pyrrole nitrogens is 1. The average Bonchev–Trinajstić information content (AvgIpc) is 3.57. The molecule has 3 aromatic rings. The number of aromatic nitrogens is 1. The van der Waals surface area contributed by atoms with Crippen LogP contribution in [0.5, 0.6) is 11.5 Å². The van der Waals surface area contributed by atoms with Gasteiger partial charge in [-0.05, 0) is 49.2 Å². The van der Waals surface area contributed by atoms with Gasteiger partial charge in [0.2, 0.25) is 5.91 Å². The second-order valence-corrected chi connectivity index (χ2v) is 8.43. The Hall–Kier alpha value is -3.48. The Morgan fingerprint density at radius 3 is 2.53 bits per heavy atom. The molecular weight excluding hydrogens is 406 g/mol. The first-order valence-corrected chi connectivity index (χ1v) is 11.1. The normalized spacial score (nSPS) is 20.7. The number of methoxy groups -OCH3 is 1. The third-order valence-corrected chi connectivity index (χ3v) is 6.33. The van der Waals surface area contributed by atoms with E-state index in [0.717, 1.165) is 48.3 Å².